The minimum Gasteiger partial charge on any atom is -0.497 e. The van der Waals surface area contributed by atoms with Crippen LogP contribution in [0.2, 0.25) is 0 Å². The number of amides is 2. The van der Waals surface area contributed by atoms with Gasteiger partial charge in [0.25, 0.3) is 0 Å². The average molecular weight is 518 g/mol. The molecule has 37 heavy (non-hydrogen) atoms. The third kappa shape index (κ3) is 5.73. The first-order valence-electron chi connectivity index (χ1n) is 13.1. The van der Waals surface area contributed by atoms with Gasteiger partial charge < -0.3 is 14.5 Å². The number of fused-ring (bicyclic) bond motifs is 1. The Hall–Kier alpha value is -3.16. The summed E-state index contributed by atoms with van der Waals surface area (Å²) in [5.74, 6) is 0.654. The fourth-order valence-electron chi connectivity index (χ4n) is 5.45. The topological polar surface area (TPSA) is 53.1 Å². The molecule has 0 N–H and O–H groups in total. The molecule has 6 nitrogen and oxygen atoms in total. The number of thiophene rings is 1. The number of carbonyl (C=O) groups is 2. The summed E-state index contributed by atoms with van der Waals surface area (Å²) in [4.78, 5) is 34.5. The van der Waals surface area contributed by atoms with Crippen LogP contribution in [0.5, 0.6) is 5.75 Å². The summed E-state index contributed by atoms with van der Waals surface area (Å²) < 4.78 is 5.24. The number of carbonyl (C=O) groups excluding carboxylic acids is 2. The Morgan fingerprint density at radius 3 is 2.41 bits per heavy atom. The fourth-order valence-corrected chi connectivity index (χ4v) is 6.36. The minimum atomic E-state index is -0.351. The zero-order valence-electron chi connectivity index (χ0n) is 21.6. The molecule has 0 saturated carbocycles. The quantitative estimate of drug-likeness (QED) is 0.460. The number of benzene rings is 2. The predicted octanol–water partition coefficient (Wildman–Crippen LogP) is 4.60. The summed E-state index contributed by atoms with van der Waals surface area (Å²) in [6.45, 7) is 6.53. The summed E-state index contributed by atoms with van der Waals surface area (Å²) in [5, 5.41) is 2.12. The van der Waals surface area contributed by atoms with Gasteiger partial charge in [0.1, 0.15) is 5.75 Å². The summed E-state index contributed by atoms with van der Waals surface area (Å²) in [6.07, 6.45) is 1.13. The lowest BCUT2D eigenvalue weighted by Crippen LogP contribution is -2.49. The van der Waals surface area contributed by atoms with Crippen LogP contribution in [0.3, 0.4) is 0 Å². The molecule has 2 amide bonds. The van der Waals surface area contributed by atoms with Gasteiger partial charge in [-0.3, -0.25) is 14.5 Å². The van der Waals surface area contributed by atoms with E-state index in [1.807, 2.05) is 47.1 Å². The first-order valence-corrected chi connectivity index (χ1v) is 14.0. The highest BCUT2D eigenvalue weighted by Gasteiger charge is 2.35. The van der Waals surface area contributed by atoms with Gasteiger partial charge >= 0.3 is 0 Å². The van der Waals surface area contributed by atoms with Crippen LogP contribution in [0.15, 0.2) is 66.0 Å². The SMILES string of the molecule is COc1ccc(CN2CCN(C(=O)CC(C)C(=O)N3CCc4sccc4C3c3ccccc3)CC2)cc1. The van der Waals surface area contributed by atoms with Crippen LogP contribution < -0.4 is 4.74 Å². The molecule has 0 aliphatic carbocycles. The monoisotopic (exact) mass is 517 g/mol. The van der Waals surface area contributed by atoms with Crippen molar-refractivity contribution in [1.82, 2.24) is 14.7 Å². The maximum Gasteiger partial charge on any atom is 0.226 e. The van der Waals surface area contributed by atoms with Crippen LogP contribution in [-0.2, 0) is 22.6 Å². The lowest BCUT2D eigenvalue weighted by molar-refractivity contribution is -0.143. The van der Waals surface area contributed by atoms with E-state index in [4.69, 9.17) is 4.74 Å². The lowest BCUT2D eigenvalue weighted by Gasteiger charge is -2.38. The van der Waals surface area contributed by atoms with Crippen molar-refractivity contribution in [2.24, 2.45) is 5.92 Å². The number of piperazine rings is 1. The molecule has 0 bridgehead atoms. The molecule has 3 heterocycles. The van der Waals surface area contributed by atoms with Crippen molar-refractivity contribution in [1.29, 1.82) is 0 Å². The third-order valence-corrected chi connectivity index (χ3v) is 8.55. The van der Waals surface area contributed by atoms with E-state index < -0.39 is 0 Å². The average Bonchev–Trinajstić information content (AvgIpc) is 3.42. The molecule has 2 aliphatic heterocycles. The molecular formula is C30H35N3O3S. The Morgan fingerprint density at radius 2 is 1.70 bits per heavy atom. The highest BCUT2D eigenvalue weighted by molar-refractivity contribution is 7.10. The molecule has 7 heteroatoms. The van der Waals surface area contributed by atoms with Crippen molar-refractivity contribution in [3.8, 4) is 5.75 Å². The molecule has 0 radical (unpaired) electrons. The highest BCUT2D eigenvalue weighted by atomic mass is 32.1. The van der Waals surface area contributed by atoms with Gasteiger partial charge in [0.15, 0.2) is 0 Å². The van der Waals surface area contributed by atoms with E-state index in [1.165, 1.54) is 16.0 Å². The van der Waals surface area contributed by atoms with E-state index in [0.717, 1.165) is 37.4 Å². The summed E-state index contributed by atoms with van der Waals surface area (Å²) in [7, 11) is 1.67. The Morgan fingerprint density at radius 1 is 0.973 bits per heavy atom. The minimum absolute atomic E-state index is 0.0668. The number of hydrogen-bond donors (Lipinski definition) is 0. The molecule has 1 fully saturated rings. The van der Waals surface area contributed by atoms with Crippen LogP contribution in [-0.4, -0.2) is 66.3 Å². The Balaban J connectivity index is 1.17. The van der Waals surface area contributed by atoms with Crippen LogP contribution in [0.4, 0.5) is 0 Å². The first kappa shape index (κ1) is 25.5. The third-order valence-electron chi connectivity index (χ3n) is 7.56. The molecule has 0 spiro atoms. The van der Waals surface area contributed by atoms with Crippen molar-refractivity contribution >= 4 is 23.2 Å². The molecular weight excluding hydrogens is 482 g/mol. The summed E-state index contributed by atoms with van der Waals surface area (Å²) in [6, 6.07) is 20.5. The predicted molar refractivity (Wildman–Crippen MR) is 147 cm³/mol. The van der Waals surface area contributed by atoms with Crippen molar-refractivity contribution < 1.29 is 14.3 Å². The zero-order valence-corrected chi connectivity index (χ0v) is 22.5. The first-order chi connectivity index (χ1) is 18.0. The van der Waals surface area contributed by atoms with Gasteiger partial charge in [-0.1, -0.05) is 49.4 Å². The molecule has 1 aromatic heterocycles. The maximum atomic E-state index is 13.7. The van der Waals surface area contributed by atoms with Gasteiger partial charge in [0.2, 0.25) is 11.8 Å². The van der Waals surface area contributed by atoms with Gasteiger partial charge in [-0.25, -0.2) is 0 Å². The Bertz CT molecular complexity index is 1200. The standard InChI is InChI=1S/C30H35N3O3S/c1-22(20-28(34)32-17-15-31(16-18-32)21-23-8-10-25(36-2)11-9-23)30(35)33-14-12-27-26(13-19-37-27)29(33)24-6-4-3-5-7-24/h3-11,13,19,22,29H,12,14-18,20-21H2,1-2H3. The normalized spacial score (nSPS) is 18.8. The smallest absolute Gasteiger partial charge is 0.226 e. The van der Waals surface area contributed by atoms with Gasteiger partial charge in [0.05, 0.1) is 13.2 Å². The van der Waals surface area contributed by atoms with Gasteiger partial charge in [0, 0.05) is 56.5 Å². The van der Waals surface area contributed by atoms with Crippen LogP contribution in [0, 0.1) is 5.92 Å². The molecule has 2 aliphatic rings. The molecule has 2 atom stereocenters. The van der Waals surface area contributed by atoms with Crippen LogP contribution in [0.1, 0.15) is 41.0 Å². The fraction of sp³-hybridized carbons (Fsp3) is 0.400. The van der Waals surface area contributed by atoms with E-state index in [0.29, 0.717) is 19.6 Å². The maximum absolute atomic E-state index is 13.7. The van der Waals surface area contributed by atoms with Crippen molar-refractivity contribution in [3.05, 3.63) is 87.6 Å². The molecule has 3 aromatic rings. The van der Waals surface area contributed by atoms with Gasteiger partial charge in [-0.15, -0.1) is 11.3 Å². The second-order valence-electron chi connectivity index (χ2n) is 10.0. The number of ether oxygens (including phenoxy) is 1. The largest absolute Gasteiger partial charge is 0.497 e. The van der Waals surface area contributed by atoms with Crippen molar-refractivity contribution in [3.63, 3.8) is 0 Å². The van der Waals surface area contributed by atoms with E-state index in [9.17, 15) is 9.59 Å². The summed E-state index contributed by atoms with van der Waals surface area (Å²) >= 11 is 1.77. The molecule has 2 aromatic carbocycles. The van der Waals surface area contributed by atoms with Gasteiger partial charge in [-0.2, -0.15) is 0 Å². The lowest BCUT2D eigenvalue weighted by atomic mass is 9.91. The molecule has 5 rings (SSSR count). The Labute approximate surface area is 223 Å². The van der Waals surface area contributed by atoms with Gasteiger partial charge in [-0.05, 0) is 46.7 Å². The van der Waals surface area contributed by atoms with Crippen molar-refractivity contribution in [2.45, 2.75) is 32.4 Å². The molecule has 2 unspecified atom stereocenters. The van der Waals surface area contributed by atoms with E-state index in [1.54, 1.807) is 18.4 Å². The second kappa shape index (κ2) is 11.5. The van der Waals surface area contributed by atoms with Crippen LogP contribution >= 0.6 is 11.3 Å². The van der Waals surface area contributed by atoms with E-state index in [2.05, 4.69) is 40.6 Å². The summed E-state index contributed by atoms with van der Waals surface area (Å²) in [5.41, 5.74) is 3.59. The molecule has 194 valence electrons. The van der Waals surface area contributed by atoms with E-state index >= 15 is 0 Å². The number of hydrogen-bond acceptors (Lipinski definition) is 5. The number of rotatable bonds is 7. The van der Waals surface area contributed by atoms with Crippen LogP contribution in [0.25, 0.3) is 0 Å². The highest BCUT2D eigenvalue weighted by Crippen LogP contribution is 2.38. The zero-order chi connectivity index (χ0) is 25.8. The van der Waals surface area contributed by atoms with E-state index in [-0.39, 0.29) is 30.2 Å². The number of methoxy groups -OCH3 is 1. The second-order valence-corrected chi connectivity index (χ2v) is 11.0. The Kier molecular flexibility index (Phi) is 7.91. The van der Waals surface area contributed by atoms with Crippen molar-refractivity contribution in [2.75, 3.05) is 39.8 Å². The molecule has 1 saturated heterocycles. The number of nitrogens with zero attached hydrogens (tertiary/aromatic N) is 3.